The fourth-order valence-electron chi connectivity index (χ4n) is 4.25. The molecule has 2 saturated heterocycles. The molecule has 0 radical (unpaired) electrons. The van der Waals surface area contributed by atoms with Gasteiger partial charge in [-0.2, -0.15) is 0 Å². The van der Waals surface area contributed by atoms with E-state index in [9.17, 15) is 0 Å². The Bertz CT molecular complexity index is 547. The Kier molecular flexibility index (Phi) is 9.58. The lowest BCUT2D eigenvalue weighted by molar-refractivity contribution is 0.171. The summed E-state index contributed by atoms with van der Waals surface area (Å²) in [6.07, 6.45) is 6.97. The van der Waals surface area contributed by atoms with Crippen LogP contribution in [0.3, 0.4) is 0 Å². The van der Waals surface area contributed by atoms with Gasteiger partial charge >= 0.3 is 0 Å². The molecule has 0 aromatic carbocycles. The number of guanidine groups is 1. The SMILES string of the molecule is CCC(CC)C(CN=C(N)N1CCN(c2nccs2)CC1)N1CCCC1.I. The molecule has 1 atom stereocenters. The van der Waals surface area contributed by atoms with E-state index in [-0.39, 0.29) is 24.0 Å². The molecule has 1 aromatic heterocycles. The maximum absolute atomic E-state index is 6.37. The average molecular weight is 507 g/mol. The maximum Gasteiger partial charge on any atom is 0.191 e. The number of thiazole rings is 1. The van der Waals surface area contributed by atoms with Crippen LogP contribution in [0.5, 0.6) is 0 Å². The summed E-state index contributed by atoms with van der Waals surface area (Å²) in [6.45, 7) is 11.7. The first-order valence-electron chi connectivity index (χ1n) is 10.2. The first-order valence-corrected chi connectivity index (χ1v) is 11.0. The lowest BCUT2D eigenvalue weighted by Crippen LogP contribution is -2.51. The predicted molar refractivity (Wildman–Crippen MR) is 126 cm³/mol. The highest BCUT2D eigenvalue weighted by Gasteiger charge is 2.28. The quantitative estimate of drug-likeness (QED) is 0.350. The van der Waals surface area contributed by atoms with Gasteiger partial charge in [0.25, 0.3) is 0 Å². The van der Waals surface area contributed by atoms with E-state index in [0.717, 1.165) is 43.8 Å². The van der Waals surface area contributed by atoms with Crippen molar-refractivity contribution in [2.75, 3.05) is 50.7 Å². The lowest BCUT2D eigenvalue weighted by Gasteiger charge is -2.36. The molecule has 3 heterocycles. The molecule has 2 aliphatic rings. The molecule has 1 unspecified atom stereocenters. The van der Waals surface area contributed by atoms with Crippen LogP contribution in [0.2, 0.25) is 0 Å². The minimum Gasteiger partial charge on any atom is -0.370 e. The molecule has 0 aliphatic carbocycles. The Labute approximate surface area is 185 Å². The van der Waals surface area contributed by atoms with Crippen molar-refractivity contribution in [3.63, 3.8) is 0 Å². The zero-order valence-corrected chi connectivity index (χ0v) is 19.9. The third kappa shape index (κ3) is 5.93. The van der Waals surface area contributed by atoms with Gasteiger partial charge in [-0.05, 0) is 31.8 Å². The molecule has 0 bridgehead atoms. The van der Waals surface area contributed by atoms with Crippen LogP contribution in [-0.4, -0.2) is 72.6 Å². The van der Waals surface area contributed by atoms with Gasteiger partial charge in [0.15, 0.2) is 11.1 Å². The summed E-state index contributed by atoms with van der Waals surface area (Å²) in [6, 6.07) is 0.544. The number of aliphatic imine (C=N–C) groups is 1. The topological polar surface area (TPSA) is 61.0 Å². The maximum atomic E-state index is 6.37. The van der Waals surface area contributed by atoms with Crippen LogP contribution in [-0.2, 0) is 0 Å². The molecule has 8 heteroatoms. The van der Waals surface area contributed by atoms with E-state index in [1.165, 1.54) is 38.8 Å². The molecule has 6 nitrogen and oxygen atoms in total. The lowest BCUT2D eigenvalue weighted by atomic mass is 9.93. The molecule has 3 rings (SSSR count). The third-order valence-corrected chi connectivity index (χ3v) is 6.77. The fourth-order valence-corrected chi connectivity index (χ4v) is 4.95. The van der Waals surface area contributed by atoms with Crippen LogP contribution in [0.1, 0.15) is 39.5 Å². The number of halogens is 1. The summed E-state index contributed by atoms with van der Waals surface area (Å²) in [5, 5.41) is 3.15. The monoisotopic (exact) mass is 506 g/mol. The van der Waals surface area contributed by atoms with Crippen LogP contribution in [0.15, 0.2) is 16.6 Å². The predicted octanol–water partition coefficient (Wildman–Crippen LogP) is 3.10. The van der Waals surface area contributed by atoms with E-state index in [1.807, 2.05) is 11.6 Å². The number of hydrogen-bond donors (Lipinski definition) is 1. The molecule has 0 saturated carbocycles. The van der Waals surface area contributed by atoms with E-state index in [1.54, 1.807) is 11.3 Å². The smallest absolute Gasteiger partial charge is 0.191 e. The molecule has 1 aromatic rings. The second-order valence-corrected chi connectivity index (χ2v) is 8.25. The molecular weight excluding hydrogens is 471 g/mol. The molecular formula is C19H35IN6S. The highest BCUT2D eigenvalue weighted by Crippen LogP contribution is 2.23. The van der Waals surface area contributed by atoms with Gasteiger partial charge in [0.05, 0.1) is 6.54 Å². The van der Waals surface area contributed by atoms with Crippen LogP contribution in [0.4, 0.5) is 5.13 Å². The molecule has 154 valence electrons. The Morgan fingerprint density at radius 3 is 2.37 bits per heavy atom. The second-order valence-electron chi connectivity index (χ2n) is 7.37. The van der Waals surface area contributed by atoms with E-state index in [0.29, 0.717) is 12.0 Å². The minimum atomic E-state index is 0. The molecule has 27 heavy (non-hydrogen) atoms. The van der Waals surface area contributed by atoms with Crippen molar-refractivity contribution in [2.45, 2.75) is 45.6 Å². The van der Waals surface area contributed by atoms with E-state index in [4.69, 9.17) is 10.7 Å². The number of nitrogens with zero attached hydrogens (tertiary/aromatic N) is 5. The summed E-state index contributed by atoms with van der Waals surface area (Å²) >= 11 is 1.70. The summed E-state index contributed by atoms with van der Waals surface area (Å²) < 4.78 is 0. The summed E-state index contributed by atoms with van der Waals surface area (Å²) in [5.41, 5.74) is 6.37. The zero-order valence-electron chi connectivity index (χ0n) is 16.7. The van der Waals surface area contributed by atoms with Crippen LogP contribution in [0.25, 0.3) is 0 Å². The van der Waals surface area contributed by atoms with Crippen LogP contribution < -0.4 is 10.6 Å². The molecule has 2 N–H and O–H groups in total. The normalized spacial score (nSPS) is 20.2. The summed E-state index contributed by atoms with van der Waals surface area (Å²) in [5.74, 6) is 1.44. The highest BCUT2D eigenvalue weighted by atomic mass is 127. The fraction of sp³-hybridized carbons (Fsp3) is 0.789. The second kappa shape index (κ2) is 11.4. The molecule has 0 spiro atoms. The third-order valence-electron chi connectivity index (χ3n) is 5.94. The van der Waals surface area contributed by atoms with Gasteiger partial charge in [0.1, 0.15) is 0 Å². The molecule has 0 amide bonds. The van der Waals surface area contributed by atoms with Gasteiger partial charge in [0.2, 0.25) is 0 Å². The van der Waals surface area contributed by atoms with Gasteiger partial charge in [-0.15, -0.1) is 35.3 Å². The highest BCUT2D eigenvalue weighted by molar-refractivity contribution is 14.0. The van der Waals surface area contributed by atoms with Gasteiger partial charge in [0, 0.05) is 43.8 Å². The standard InChI is InChI=1S/C19H34N6S.HI/c1-3-16(4-2)17(23-8-5-6-9-23)15-22-18(20)24-10-12-25(13-11-24)19-21-7-14-26-19;/h7,14,16-17H,3-6,8-13,15H2,1-2H3,(H2,20,22);1H. The summed E-state index contributed by atoms with van der Waals surface area (Å²) in [7, 11) is 0. The van der Waals surface area contributed by atoms with Crippen LogP contribution >= 0.6 is 35.3 Å². The Balaban J connectivity index is 0.00000261. The van der Waals surface area contributed by atoms with Crippen molar-refractivity contribution >= 4 is 46.4 Å². The van der Waals surface area contributed by atoms with Crippen molar-refractivity contribution in [2.24, 2.45) is 16.6 Å². The number of aromatic nitrogens is 1. The van der Waals surface area contributed by atoms with Crippen molar-refractivity contribution < 1.29 is 0 Å². The molecule has 2 aliphatic heterocycles. The number of anilines is 1. The molecule has 2 fully saturated rings. The Morgan fingerprint density at radius 2 is 1.81 bits per heavy atom. The van der Waals surface area contributed by atoms with Crippen LogP contribution in [0, 0.1) is 5.92 Å². The number of rotatable bonds is 7. The van der Waals surface area contributed by atoms with E-state index >= 15 is 0 Å². The minimum absolute atomic E-state index is 0. The van der Waals surface area contributed by atoms with E-state index < -0.39 is 0 Å². The van der Waals surface area contributed by atoms with Gasteiger partial charge in [-0.1, -0.05) is 26.7 Å². The first kappa shape index (κ1) is 22.7. The van der Waals surface area contributed by atoms with Crippen molar-refractivity contribution in [3.05, 3.63) is 11.6 Å². The number of likely N-dealkylation sites (tertiary alicyclic amines) is 1. The summed E-state index contributed by atoms with van der Waals surface area (Å²) in [4.78, 5) is 16.5. The van der Waals surface area contributed by atoms with E-state index in [2.05, 4.69) is 33.5 Å². The van der Waals surface area contributed by atoms with Gasteiger partial charge < -0.3 is 15.5 Å². The number of hydrogen-bond acceptors (Lipinski definition) is 5. The van der Waals surface area contributed by atoms with Crippen molar-refractivity contribution in [3.8, 4) is 0 Å². The Hall–Kier alpha value is -0.610. The van der Waals surface area contributed by atoms with Crippen molar-refractivity contribution in [1.82, 2.24) is 14.8 Å². The average Bonchev–Trinajstić information content (AvgIpc) is 3.39. The number of nitrogens with two attached hydrogens (primary N) is 1. The van der Waals surface area contributed by atoms with Gasteiger partial charge in [-0.3, -0.25) is 9.89 Å². The number of piperazine rings is 1. The Morgan fingerprint density at radius 1 is 1.15 bits per heavy atom. The van der Waals surface area contributed by atoms with Crippen molar-refractivity contribution in [1.29, 1.82) is 0 Å². The first-order chi connectivity index (χ1) is 12.7. The largest absolute Gasteiger partial charge is 0.370 e. The zero-order chi connectivity index (χ0) is 18.4. The van der Waals surface area contributed by atoms with Gasteiger partial charge in [-0.25, -0.2) is 4.98 Å².